The molecule has 4 heteroatoms. The molecule has 4 nitrogen and oxygen atoms in total. The van der Waals surface area contributed by atoms with Crippen LogP contribution in [0.4, 0.5) is 5.69 Å². The van der Waals surface area contributed by atoms with Crippen molar-refractivity contribution in [3.8, 4) is 0 Å². The number of carbonyl (C=O) groups excluding carboxylic acids is 2. The van der Waals surface area contributed by atoms with Gasteiger partial charge in [-0.3, -0.25) is 9.59 Å². The number of anilines is 1. The molecule has 1 aromatic rings. The van der Waals surface area contributed by atoms with Crippen LogP contribution in [0.15, 0.2) is 24.3 Å². The fraction of sp³-hybridized carbons (Fsp3) is 0.444. The van der Waals surface area contributed by atoms with Gasteiger partial charge in [-0.1, -0.05) is 29.8 Å². The van der Waals surface area contributed by atoms with E-state index in [0.717, 1.165) is 22.4 Å². The largest absolute Gasteiger partial charge is 0.362 e. The van der Waals surface area contributed by atoms with Gasteiger partial charge in [-0.2, -0.15) is 0 Å². The van der Waals surface area contributed by atoms with Crippen LogP contribution in [0.5, 0.6) is 0 Å². The van der Waals surface area contributed by atoms with Crippen LogP contribution in [0.3, 0.4) is 0 Å². The summed E-state index contributed by atoms with van der Waals surface area (Å²) in [5, 5.41) is 0. The maximum Gasteiger partial charge on any atom is 0.241 e. The van der Waals surface area contributed by atoms with Crippen LogP contribution in [-0.4, -0.2) is 23.5 Å². The monoisotopic (exact) mass is 297 g/mol. The highest BCUT2D eigenvalue weighted by molar-refractivity contribution is 6.24. The molecule has 0 N–H and O–H groups in total. The SMILES string of the molecule is Cc1cc(C)c(N2C(=O)C3C4C=CC(C)(O4)C3C2=O)c(C)c1. The zero-order valence-electron chi connectivity index (χ0n) is 13.2. The molecule has 2 amide bonds. The molecule has 0 aromatic heterocycles. The number of benzene rings is 1. The minimum atomic E-state index is -0.636. The fourth-order valence-corrected chi connectivity index (χ4v) is 4.40. The van der Waals surface area contributed by atoms with Crippen LogP contribution < -0.4 is 4.90 Å². The third-order valence-corrected chi connectivity index (χ3v) is 5.19. The van der Waals surface area contributed by atoms with Gasteiger partial charge >= 0.3 is 0 Å². The third-order valence-electron chi connectivity index (χ3n) is 5.19. The molecule has 0 aliphatic carbocycles. The van der Waals surface area contributed by atoms with Crippen LogP contribution in [0.1, 0.15) is 23.6 Å². The van der Waals surface area contributed by atoms with E-state index in [1.807, 2.05) is 52.0 Å². The Hall–Kier alpha value is -1.94. The van der Waals surface area contributed by atoms with E-state index in [-0.39, 0.29) is 23.8 Å². The van der Waals surface area contributed by atoms with Gasteiger partial charge in [0.1, 0.15) is 0 Å². The first kappa shape index (κ1) is 13.7. The minimum Gasteiger partial charge on any atom is -0.362 e. The van der Waals surface area contributed by atoms with Crippen molar-refractivity contribution in [2.75, 3.05) is 4.90 Å². The number of fused-ring (bicyclic) bond motifs is 5. The highest BCUT2D eigenvalue weighted by Gasteiger charge is 2.66. The van der Waals surface area contributed by atoms with Crippen molar-refractivity contribution < 1.29 is 14.3 Å². The van der Waals surface area contributed by atoms with E-state index in [9.17, 15) is 9.59 Å². The Kier molecular flexibility index (Phi) is 2.54. The summed E-state index contributed by atoms with van der Waals surface area (Å²) >= 11 is 0. The standard InChI is InChI=1S/C18H19NO3/c1-9-7-10(2)15(11(3)8-9)19-16(20)13-12-5-6-18(4,22-12)14(13)17(19)21/h5-8,12-14H,1-4H3. The van der Waals surface area contributed by atoms with Crippen molar-refractivity contribution in [2.24, 2.45) is 11.8 Å². The molecule has 2 fully saturated rings. The Morgan fingerprint density at radius 2 is 1.73 bits per heavy atom. The lowest BCUT2D eigenvalue weighted by molar-refractivity contribution is -0.126. The number of amides is 2. The zero-order valence-corrected chi connectivity index (χ0v) is 13.2. The average Bonchev–Trinajstić information content (AvgIpc) is 3.01. The number of rotatable bonds is 1. The fourth-order valence-electron chi connectivity index (χ4n) is 4.40. The summed E-state index contributed by atoms with van der Waals surface area (Å²) in [6.45, 7) is 7.83. The second-order valence-electron chi connectivity index (χ2n) is 6.89. The lowest BCUT2D eigenvalue weighted by Gasteiger charge is -2.25. The van der Waals surface area contributed by atoms with Gasteiger partial charge < -0.3 is 4.74 Å². The van der Waals surface area contributed by atoms with Crippen LogP contribution in [0.2, 0.25) is 0 Å². The average molecular weight is 297 g/mol. The van der Waals surface area contributed by atoms with Gasteiger partial charge in [0.2, 0.25) is 11.8 Å². The molecule has 0 radical (unpaired) electrons. The second kappa shape index (κ2) is 4.07. The molecule has 114 valence electrons. The zero-order chi connectivity index (χ0) is 15.8. The quantitative estimate of drug-likeness (QED) is 0.591. The van der Waals surface area contributed by atoms with Gasteiger partial charge in [0.15, 0.2) is 0 Å². The van der Waals surface area contributed by atoms with E-state index < -0.39 is 11.5 Å². The first-order chi connectivity index (χ1) is 10.3. The van der Waals surface area contributed by atoms with Gasteiger partial charge in [0, 0.05) is 0 Å². The van der Waals surface area contributed by atoms with Crippen LogP contribution >= 0.6 is 0 Å². The smallest absolute Gasteiger partial charge is 0.241 e. The molecule has 4 atom stereocenters. The Morgan fingerprint density at radius 1 is 1.09 bits per heavy atom. The molecule has 0 saturated carbocycles. The molecule has 4 rings (SSSR count). The summed E-state index contributed by atoms with van der Waals surface area (Å²) in [5.74, 6) is -1.01. The van der Waals surface area contributed by atoms with Crippen LogP contribution in [0.25, 0.3) is 0 Å². The molecule has 22 heavy (non-hydrogen) atoms. The molecular formula is C18H19NO3. The molecule has 0 spiro atoms. The van der Waals surface area contributed by atoms with Crippen molar-refractivity contribution in [1.29, 1.82) is 0 Å². The maximum atomic E-state index is 13.0. The van der Waals surface area contributed by atoms with Crippen molar-refractivity contribution in [3.05, 3.63) is 41.0 Å². The Labute approximate surface area is 129 Å². The lowest BCUT2D eigenvalue weighted by atomic mass is 9.78. The highest BCUT2D eigenvalue weighted by Crippen LogP contribution is 2.52. The van der Waals surface area contributed by atoms with Gasteiger partial charge in [0.05, 0.1) is 29.2 Å². The second-order valence-corrected chi connectivity index (χ2v) is 6.89. The summed E-state index contributed by atoms with van der Waals surface area (Å²) in [6.07, 6.45) is 3.59. The first-order valence-corrected chi connectivity index (χ1v) is 7.66. The summed E-state index contributed by atoms with van der Waals surface area (Å²) < 4.78 is 5.85. The number of aryl methyl sites for hydroxylation is 3. The predicted molar refractivity (Wildman–Crippen MR) is 82.5 cm³/mol. The van der Waals surface area contributed by atoms with Gasteiger partial charge in [-0.25, -0.2) is 4.90 Å². The molecule has 3 aliphatic rings. The van der Waals surface area contributed by atoms with E-state index in [0.29, 0.717) is 0 Å². The Morgan fingerprint density at radius 3 is 2.32 bits per heavy atom. The maximum absolute atomic E-state index is 13.0. The van der Waals surface area contributed by atoms with Crippen molar-refractivity contribution in [2.45, 2.75) is 39.4 Å². The number of nitrogens with zero attached hydrogens (tertiary/aromatic N) is 1. The number of hydrogen-bond acceptors (Lipinski definition) is 3. The summed E-state index contributed by atoms with van der Waals surface area (Å²) in [4.78, 5) is 27.3. The number of ether oxygens (including phenoxy) is 1. The molecule has 2 saturated heterocycles. The van der Waals surface area contributed by atoms with E-state index in [4.69, 9.17) is 4.74 Å². The third kappa shape index (κ3) is 1.51. The van der Waals surface area contributed by atoms with Gasteiger partial charge in [-0.15, -0.1) is 0 Å². The van der Waals surface area contributed by atoms with Crippen molar-refractivity contribution in [3.63, 3.8) is 0 Å². The molecule has 3 aliphatic heterocycles. The number of carbonyl (C=O) groups is 2. The highest BCUT2D eigenvalue weighted by atomic mass is 16.5. The number of hydrogen-bond donors (Lipinski definition) is 0. The summed E-state index contributed by atoms with van der Waals surface area (Å²) in [6, 6.07) is 4.03. The van der Waals surface area contributed by atoms with Gasteiger partial charge in [-0.05, 0) is 38.8 Å². The van der Waals surface area contributed by atoms with Crippen molar-refractivity contribution in [1.82, 2.24) is 0 Å². The molecule has 3 heterocycles. The van der Waals surface area contributed by atoms with E-state index >= 15 is 0 Å². The normalized spacial score (nSPS) is 35.6. The van der Waals surface area contributed by atoms with Crippen molar-refractivity contribution >= 4 is 17.5 Å². The van der Waals surface area contributed by atoms with Crippen LogP contribution in [-0.2, 0) is 14.3 Å². The van der Waals surface area contributed by atoms with E-state index in [1.165, 1.54) is 4.90 Å². The van der Waals surface area contributed by atoms with Gasteiger partial charge in [0.25, 0.3) is 0 Å². The summed E-state index contributed by atoms with van der Waals surface area (Å²) in [7, 11) is 0. The molecular weight excluding hydrogens is 278 g/mol. The molecule has 2 bridgehead atoms. The minimum absolute atomic E-state index is 0.122. The Bertz CT molecular complexity index is 728. The van der Waals surface area contributed by atoms with E-state index in [1.54, 1.807) is 0 Å². The number of imide groups is 1. The van der Waals surface area contributed by atoms with Crippen LogP contribution in [0, 0.1) is 32.6 Å². The summed E-state index contributed by atoms with van der Waals surface area (Å²) in [5.41, 5.74) is 3.17. The predicted octanol–water partition coefficient (Wildman–Crippen LogP) is 2.44. The Balaban J connectivity index is 1.84. The molecule has 1 aromatic carbocycles. The lowest BCUT2D eigenvalue weighted by Crippen LogP contribution is -2.39. The van der Waals surface area contributed by atoms with E-state index in [2.05, 4.69) is 0 Å². The first-order valence-electron chi connectivity index (χ1n) is 7.66. The molecule has 4 unspecified atom stereocenters. The topological polar surface area (TPSA) is 46.6 Å².